The molecule has 0 atom stereocenters. The van der Waals surface area contributed by atoms with Gasteiger partial charge in [0.15, 0.2) is 5.82 Å². The summed E-state index contributed by atoms with van der Waals surface area (Å²) in [6, 6.07) is 16.7. The molecule has 2 aromatic carbocycles. The lowest BCUT2D eigenvalue weighted by molar-refractivity contribution is 0.0943. The highest BCUT2D eigenvalue weighted by Crippen LogP contribution is 2.28. The Morgan fingerprint density at radius 2 is 1.78 bits per heavy atom. The largest absolute Gasteiger partial charge is 0.356 e. The van der Waals surface area contributed by atoms with E-state index in [4.69, 9.17) is 4.98 Å². The molecule has 2 heterocycles. The number of hydrogen-bond acceptors (Lipinski definition) is 4. The Hall–Kier alpha value is -3.28. The van der Waals surface area contributed by atoms with Crippen LogP contribution >= 0.6 is 0 Å². The molecule has 6 heteroatoms. The Labute approximate surface area is 188 Å². The molecule has 5 nitrogen and oxygen atoms in total. The summed E-state index contributed by atoms with van der Waals surface area (Å²) in [5.41, 5.74) is 2.57. The molecule has 0 bridgehead atoms. The minimum atomic E-state index is -0.303. The molecule has 1 amide bonds. The predicted octanol–water partition coefficient (Wildman–Crippen LogP) is 4.88. The maximum atomic E-state index is 13.4. The van der Waals surface area contributed by atoms with Gasteiger partial charge in [-0.3, -0.25) is 4.79 Å². The number of piperidine rings is 1. The summed E-state index contributed by atoms with van der Waals surface area (Å²) in [7, 11) is 0. The summed E-state index contributed by atoms with van der Waals surface area (Å²) in [5, 5.41) is 2.95. The summed E-state index contributed by atoms with van der Waals surface area (Å²) in [5.74, 6) is 1.28. The van der Waals surface area contributed by atoms with E-state index in [1.807, 2.05) is 19.9 Å². The van der Waals surface area contributed by atoms with E-state index in [9.17, 15) is 9.18 Å². The molecule has 0 saturated carbocycles. The molecular formula is C26H29FN4O. The highest BCUT2D eigenvalue weighted by atomic mass is 19.1. The van der Waals surface area contributed by atoms with E-state index < -0.39 is 0 Å². The Kier molecular flexibility index (Phi) is 6.78. The fraction of sp³-hybridized carbons (Fsp3) is 0.346. The van der Waals surface area contributed by atoms with Crippen molar-refractivity contribution in [3.05, 3.63) is 77.7 Å². The normalized spacial score (nSPS) is 14.6. The number of carbonyl (C=O) groups is 1. The third-order valence-electron chi connectivity index (χ3n) is 5.82. The Morgan fingerprint density at radius 3 is 2.44 bits per heavy atom. The van der Waals surface area contributed by atoms with Crippen LogP contribution in [0.4, 0.5) is 10.2 Å². The Morgan fingerprint density at radius 1 is 1.09 bits per heavy atom. The number of carbonyl (C=O) groups excluding carboxylic acids is 1. The van der Waals surface area contributed by atoms with Crippen molar-refractivity contribution in [1.82, 2.24) is 15.3 Å². The average molecular weight is 433 g/mol. The van der Waals surface area contributed by atoms with Gasteiger partial charge < -0.3 is 10.2 Å². The van der Waals surface area contributed by atoms with Crippen molar-refractivity contribution in [1.29, 1.82) is 0 Å². The van der Waals surface area contributed by atoms with Gasteiger partial charge in [0.1, 0.15) is 17.2 Å². The summed E-state index contributed by atoms with van der Waals surface area (Å²) >= 11 is 0. The van der Waals surface area contributed by atoms with Crippen molar-refractivity contribution in [3.8, 4) is 11.4 Å². The molecule has 0 aliphatic carbocycles. The first-order chi connectivity index (χ1) is 15.5. The SMILES string of the molecule is CC(C)NC(=O)c1cnc(-c2ccc(F)cc2)nc1N1CCC(Cc2ccccc2)CC1. The topological polar surface area (TPSA) is 58.1 Å². The van der Waals surface area contributed by atoms with Gasteiger partial charge in [-0.05, 0) is 68.9 Å². The Bertz CT molecular complexity index is 1050. The molecule has 166 valence electrons. The van der Waals surface area contributed by atoms with Crippen molar-refractivity contribution in [3.63, 3.8) is 0 Å². The number of nitrogens with zero attached hydrogens (tertiary/aromatic N) is 3. The molecule has 1 aliphatic heterocycles. The molecule has 0 unspecified atom stereocenters. The van der Waals surface area contributed by atoms with Gasteiger partial charge in [-0.1, -0.05) is 30.3 Å². The minimum Gasteiger partial charge on any atom is -0.356 e. The third kappa shape index (κ3) is 5.31. The summed E-state index contributed by atoms with van der Waals surface area (Å²) in [6.45, 7) is 5.53. The number of rotatable bonds is 6. The van der Waals surface area contributed by atoms with Gasteiger partial charge in [0.05, 0.1) is 0 Å². The van der Waals surface area contributed by atoms with Crippen LogP contribution in [0.5, 0.6) is 0 Å². The highest BCUT2D eigenvalue weighted by Gasteiger charge is 2.25. The van der Waals surface area contributed by atoms with E-state index in [0.717, 1.165) is 37.9 Å². The van der Waals surface area contributed by atoms with Crippen LogP contribution in [-0.4, -0.2) is 35.0 Å². The van der Waals surface area contributed by atoms with E-state index in [0.29, 0.717) is 23.1 Å². The van der Waals surface area contributed by atoms with Crippen LogP contribution < -0.4 is 10.2 Å². The molecule has 4 rings (SSSR count). The second-order valence-electron chi connectivity index (χ2n) is 8.69. The molecule has 1 aromatic heterocycles. The second kappa shape index (κ2) is 9.90. The maximum absolute atomic E-state index is 13.4. The van der Waals surface area contributed by atoms with Crippen LogP contribution in [-0.2, 0) is 6.42 Å². The van der Waals surface area contributed by atoms with Gasteiger partial charge in [0.25, 0.3) is 5.91 Å². The molecule has 1 fully saturated rings. The Balaban J connectivity index is 1.56. The molecule has 0 radical (unpaired) electrons. The lowest BCUT2D eigenvalue weighted by Gasteiger charge is -2.34. The number of nitrogens with one attached hydrogen (secondary N) is 1. The van der Waals surface area contributed by atoms with Gasteiger partial charge in [-0.15, -0.1) is 0 Å². The quantitative estimate of drug-likeness (QED) is 0.603. The number of halogens is 1. The maximum Gasteiger partial charge on any atom is 0.256 e. The van der Waals surface area contributed by atoms with Crippen LogP contribution in [0.25, 0.3) is 11.4 Å². The fourth-order valence-electron chi connectivity index (χ4n) is 4.15. The molecule has 1 aliphatic rings. The van der Waals surface area contributed by atoms with Gasteiger partial charge in [-0.2, -0.15) is 0 Å². The molecule has 1 saturated heterocycles. The van der Waals surface area contributed by atoms with Crippen LogP contribution in [0.1, 0.15) is 42.6 Å². The predicted molar refractivity (Wildman–Crippen MR) is 125 cm³/mol. The van der Waals surface area contributed by atoms with Crippen molar-refractivity contribution < 1.29 is 9.18 Å². The van der Waals surface area contributed by atoms with Crippen LogP contribution in [0.15, 0.2) is 60.8 Å². The number of hydrogen-bond donors (Lipinski definition) is 1. The zero-order valence-electron chi connectivity index (χ0n) is 18.6. The van der Waals surface area contributed by atoms with Crippen LogP contribution in [0.3, 0.4) is 0 Å². The zero-order chi connectivity index (χ0) is 22.5. The average Bonchev–Trinajstić information content (AvgIpc) is 2.80. The fourth-order valence-corrected chi connectivity index (χ4v) is 4.15. The van der Waals surface area contributed by atoms with Crippen LogP contribution in [0, 0.1) is 11.7 Å². The van der Waals surface area contributed by atoms with E-state index in [2.05, 4.69) is 39.5 Å². The lowest BCUT2D eigenvalue weighted by Crippen LogP contribution is -2.38. The van der Waals surface area contributed by atoms with E-state index in [1.54, 1.807) is 18.3 Å². The van der Waals surface area contributed by atoms with Gasteiger partial charge in [0.2, 0.25) is 0 Å². The number of aromatic nitrogens is 2. The number of anilines is 1. The molecule has 0 spiro atoms. The summed E-state index contributed by atoms with van der Waals surface area (Å²) in [4.78, 5) is 24.2. The monoisotopic (exact) mass is 432 g/mol. The molecule has 1 N–H and O–H groups in total. The summed E-state index contributed by atoms with van der Waals surface area (Å²) in [6.07, 6.45) is 4.74. The van der Waals surface area contributed by atoms with Crippen molar-refractivity contribution in [2.75, 3.05) is 18.0 Å². The first kappa shape index (κ1) is 21.9. The molecule has 3 aromatic rings. The van der Waals surface area contributed by atoms with Crippen molar-refractivity contribution in [2.45, 2.75) is 39.2 Å². The first-order valence-electron chi connectivity index (χ1n) is 11.2. The smallest absolute Gasteiger partial charge is 0.256 e. The van der Waals surface area contributed by atoms with E-state index >= 15 is 0 Å². The van der Waals surface area contributed by atoms with Gasteiger partial charge in [0, 0.05) is 30.9 Å². The van der Waals surface area contributed by atoms with Crippen molar-refractivity contribution in [2.24, 2.45) is 5.92 Å². The number of benzene rings is 2. The van der Waals surface area contributed by atoms with Crippen LogP contribution in [0.2, 0.25) is 0 Å². The highest BCUT2D eigenvalue weighted by molar-refractivity contribution is 5.99. The van der Waals surface area contributed by atoms with E-state index in [1.165, 1.54) is 17.7 Å². The minimum absolute atomic E-state index is 0.0173. The standard InChI is InChI=1S/C26H29FN4O/c1-18(2)29-26(32)23-17-28-24(21-8-10-22(27)11-9-21)30-25(23)31-14-12-20(13-15-31)16-19-6-4-3-5-7-19/h3-11,17-18,20H,12-16H2,1-2H3,(H,29,32). The van der Waals surface area contributed by atoms with E-state index in [-0.39, 0.29) is 17.8 Å². The van der Waals surface area contributed by atoms with Crippen molar-refractivity contribution >= 4 is 11.7 Å². The number of amides is 1. The lowest BCUT2D eigenvalue weighted by atomic mass is 9.90. The third-order valence-corrected chi connectivity index (χ3v) is 5.82. The molecular weight excluding hydrogens is 403 g/mol. The van der Waals surface area contributed by atoms with Gasteiger partial charge in [-0.25, -0.2) is 14.4 Å². The summed E-state index contributed by atoms with van der Waals surface area (Å²) < 4.78 is 13.4. The second-order valence-corrected chi connectivity index (χ2v) is 8.69. The molecule has 32 heavy (non-hydrogen) atoms. The van der Waals surface area contributed by atoms with Gasteiger partial charge >= 0.3 is 0 Å². The zero-order valence-corrected chi connectivity index (χ0v) is 18.6. The first-order valence-corrected chi connectivity index (χ1v) is 11.2.